The molecule has 0 fully saturated rings. The van der Waals surface area contributed by atoms with Gasteiger partial charge in [0.25, 0.3) is 0 Å². The number of hydrogen-bond acceptors (Lipinski definition) is 6. The molecule has 2 rings (SSSR count). The third-order valence-corrected chi connectivity index (χ3v) is 2.79. The average molecular weight is 212 g/mol. The molecular formula is C8H12N4OS. The van der Waals surface area contributed by atoms with Crippen molar-refractivity contribution in [1.29, 1.82) is 0 Å². The van der Waals surface area contributed by atoms with Crippen LogP contribution in [-0.4, -0.2) is 27.6 Å². The minimum Gasteiger partial charge on any atom is -0.375 e. The van der Waals surface area contributed by atoms with Gasteiger partial charge in [-0.2, -0.15) is 0 Å². The van der Waals surface area contributed by atoms with Crippen LogP contribution in [0.25, 0.3) is 0 Å². The van der Waals surface area contributed by atoms with Crippen molar-refractivity contribution >= 4 is 18.3 Å². The fourth-order valence-corrected chi connectivity index (χ4v) is 1.61. The van der Waals surface area contributed by atoms with Crippen LogP contribution in [0.15, 0.2) is 27.6 Å². The summed E-state index contributed by atoms with van der Waals surface area (Å²) in [7, 11) is 0. The molecule has 14 heavy (non-hydrogen) atoms. The zero-order valence-electron chi connectivity index (χ0n) is 8.02. The zero-order valence-corrected chi connectivity index (χ0v) is 8.91. The lowest BCUT2D eigenvalue weighted by molar-refractivity contribution is 0.0678. The lowest BCUT2D eigenvalue weighted by Crippen LogP contribution is -2.40. The molecule has 0 unspecified atom stereocenters. The van der Waals surface area contributed by atoms with Crippen molar-refractivity contribution in [3.63, 3.8) is 0 Å². The van der Waals surface area contributed by atoms with E-state index in [1.54, 1.807) is 11.2 Å². The third-order valence-electron chi connectivity index (χ3n) is 2.25. The van der Waals surface area contributed by atoms with E-state index < -0.39 is 0 Å². The minimum absolute atomic E-state index is 0.103. The van der Waals surface area contributed by atoms with Crippen LogP contribution in [0.4, 0.5) is 0 Å². The summed E-state index contributed by atoms with van der Waals surface area (Å²) in [4.78, 5) is 4.36. The number of aliphatic hydroxyl groups is 1. The number of hydrogen-bond donors (Lipinski definition) is 3. The van der Waals surface area contributed by atoms with Gasteiger partial charge in [0.1, 0.15) is 6.73 Å². The molecule has 5 nitrogen and oxygen atoms in total. The molecule has 0 saturated carbocycles. The van der Waals surface area contributed by atoms with Gasteiger partial charge in [-0.1, -0.05) is 0 Å². The smallest absolute Gasteiger partial charge is 0.167 e. The van der Waals surface area contributed by atoms with Crippen LogP contribution < -0.4 is 5.53 Å². The first-order chi connectivity index (χ1) is 6.63. The second kappa shape index (κ2) is 3.30. The molecule has 0 aromatic carbocycles. The van der Waals surface area contributed by atoms with Crippen LogP contribution >= 0.6 is 12.6 Å². The summed E-state index contributed by atoms with van der Waals surface area (Å²) in [6.45, 7) is 3.79. The lowest BCUT2D eigenvalue weighted by Gasteiger charge is -2.26. The van der Waals surface area contributed by atoms with Gasteiger partial charge < -0.3 is 5.11 Å². The van der Waals surface area contributed by atoms with Crippen molar-refractivity contribution < 1.29 is 5.11 Å². The van der Waals surface area contributed by atoms with Gasteiger partial charge >= 0.3 is 0 Å². The van der Waals surface area contributed by atoms with Crippen LogP contribution in [0.5, 0.6) is 0 Å². The van der Waals surface area contributed by atoms with Crippen molar-refractivity contribution in [2.24, 2.45) is 4.99 Å². The number of fused-ring (bicyclic) bond motifs is 1. The van der Waals surface area contributed by atoms with Crippen molar-refractivity contribution in [3.8, 4) is 0 Å². The predicted molar refractivity (Wildman–Crippen MR) is 56.8 cm³/mol. The number of allylic oxidation sites excluding steroid dienone is 1. The van der Waals surface area contributed by atoms with Crippen LogP contribution in [-0.2, 0) is 0 Å². The summed E-state index contributed by atoms with van der Waals surface area (Å²) in [5, 5.41) is 13.0. The first-order valence-electron chi connectivity index (χ1n) is 4.24. The summed E-state index contributed by atoms with van der Waals surface area (Å²) >= 11 is 4.38. The number of rotatable bonds is 1. The Labute approximate surface area is 87.8 Å². The number of hydrazine groups is 2. The fourth-order valence-electron chi connectivity index (χ4n) is 1.30. The van der Waals surface area contributed by atoms with Crippen molar-refractivity contribution in [2.45, 2.75) is 13.8 Å². The molecule has 0 spiro atoms. The Morgan fingerprint density at radius 2 is 2.29 bits per heavy atom. The van der Waals surface area contributed by atoms with Gasteiger partial charge in [-0.05, 0) is 13.8 Å². The summed E-state index contributed by atoms with van der Waals surface area (Å²) < 4.78 is 0. The summed E-state index contributed by atoms with van der Waals surface area (Å²) in [5.41, 5.74) is 4.90. The van der Waals surface area contributed by atoms with Crippen molar-refractivity contribution in [2.75, 3.05) is 6.73 Å². The normalized spacial score (nSPS) is 21.1. The van der Waals surface area contributed by atoms with E-state index >= 15 is 0 Å². The summed E-state index contributed by atoms with van der Waals surface area (Å²) in [6, 6.07) is 0. The molecule has 2 heterocycles. The number of nitrogens with one attached hydrogen (secondary N) is 1. The highest BCUT2D eigenvalue weighted by molar-refractivity contribution is 7.84. The highest BCUT2D eigenvalue weighted by Gasteiger charge is 2.26. The van der Waals surface area contributed by atoms with Gasteiger partial charge in [-0.15, -0.1) is 18.2 Å². The van der Waals surface area contributed by atoms with Crippen molar-refractivity contribution in [3.05, 3.63) is 22.6 Å². The maximum absolute atomic E-state index is 8.93. The predicted octanol–water partition coefficient (Wildman–Crippen LogP) is 0.408. The number of nitrogens with zero attached hydrogens (tertiary/aromatic N) is 3. The first-order valence-corrected chi connectivity index (χ1v) is 4.69. The number of aliphatic hydroxyl groups excluding tert-OH is 1. The molecule has 2 aliphatic heterocycles. The third kappa shape index (κ3) is 1.31. The molecule has 0 atom stereocenters. The van der Waals surface area contributed by atoms with E-state index in [0.717, 1.165) is 22.1 Å². The molecule has 0 aliphatic carbocycles. The zero-order chi connectivity index (χ0) is 10.3. The molecule has 0 bridgehead atoms. The van der Waals surface area contributed by atoms with Crippen LogP contribution in [0.3, 0.4) is 0 Å². The summed E-state index contributed by atoms with van der Waals surface area (Å²) in [5.74, 6) is 0.743. The van der Waals surface area contributed by atoms with Gasteiger partial charge in [0.2, 0.25) is 0 Å². The molecule has 0 saturated heterocycles. The van der Waals surface area contributed by atoms with E-state index in [-0.39, 0.29) is 6.73 Å². The van der Waals surface area contributed by atoms with E-state index in [4.69, 9.17) is 5.11 Å². The van der Waals surface area contributed by atoms with Gasteiger partial charge in [-0.25, -0.2) is 10.0 Å². The molecule has 2 N–H and O–H groups in total. The van der Waals surface area contributed by atoms with Crippen LogP contribution in [0.2, 0.25) is 0 Å². The Kier molecular flexibility index (Phi) is 2.26. The monoisotopic (exact) mass is 212 g/mol. The molecular weight excluding hydrogens is 200 g/mol. The average Bonchev–Trinajstić information content (AvgIpc) is 2.57. The molecule has 0 aromatic heterocycles. The topological polar surface area (TPSA) is 51.1 Å². The Balaban J connectivity index is 2.36. The Hall–Kier alpha value is -0.980. The van der Waals surface area contributed by atoms with E-state index in [0.29, 0.717) is 0 Å². The number of thiol groups is 1. The van der Waals surface area contributed by atoms with Gasteiger partial charge in [0.05, 0.1) is 11.2 Å². The van der Waals surface area contributed by atoms with Gasteiger partial charge in [0.15, 0.2) is 5.82 Å². The fraction of sp³-hybridized carbons (Fsp3) is 0.375. The first kappa shape index (κ1) is 9.57. The largest absolute Gasteiger partial charge is 0.375 e. The lowest BCUT2D eigenvalue weighted by atomic mass is 10.2. The highest BCUT2D eigenvalue weighted by atomic mass is 32.1. The molecule has 0 radical (unpaired) electrons. The van der Waals surface area contributed by atoms with Crippen LogP contribution in [0.1, 0.15) is 13.8 Å². The van der Waals surface area contributed by atoms with Crippen molar-refractivity contribution in [1.82, 2.24) is 15.6 Å². The minimum atomic E-state index is -0.103. The standard InChI is InChI=1S/C8H12N4OS/c1-5-6(2)9-7-3-11(4-13)10-12(7)8(5)14/h3,10,13-14H,4H2,1-2H3. The Morgan fingerprint density at radius 3 is 2.93 bits per heavy atom. The second-order valence-corrected chi connectivity index (χ2v) is 3.60. The molecule has 6 heteroatoms. The van der Waals surface area contributed by atoms with Gasteiger partial charge in [-0.3, -0.25) is 5.01 Å². The summed E-state index contributed by atoms with van der Waals surface area (Å²) in [6.07, 6.45) is 1.73. The SMILES string of the molecule is CC1=NC2=CN(CO)NN2C(S)=C1C. The maximum atomic E-state index is 8.93. The van der Waals surface area contributed by atoms with E-state index in [9.17, 15) is 0 Å². The van der Waals surface area contributed by atoms with Gasteiger partial charge in [0, 0.05) is 11.3 Å². The molecule has 76 valence electrons. The quantitative estimate of drug-likeness (QED) is 0.551. The van der Waals surface area contributed by atoms with Crippen LogP contribution in [0, 0.1) is 0 Å². The highest BCUT2D eigenvalue weighted by Crippen LogP contribution is 2.28. The Morgan fingerprint density at radius 1 is 1.57 bits per heavy atom. The maximum Gasteiger partial charge on any atom is 0.167 e. The molecule has 2 aliphatic rings. The van der Waals surface area contributed by atoms with E-state index in [1.807, 2.05) is 13.8 Å². The molecule has 0 amide bonds. The number of aliphatic imine (C=N–C) groups is 1. The second-order valence-electron chi connectivity index (χ2n) is 3.18. The van der Waals surface area contributed by atoms with E-state index in [1.165, 1.54) is 5.01 Å². The Bertz CT molecular complexity index is 360. The van der Waals surface area contributed by atoms with E-state index in [2.05, 4.69) is 23.2 Å². The molecule has 0 aromatic rings.